The molecule has 0 amide bonds. The Kier molecular flexibility index (Phi) is 3.50. The van der Waals surface area contributed by atoms with Gasteiger partial charge in [-0.3, -0.25) is 4.98 Å². The van der Waals surface area contributed by atoms with E-state index in [0.717, 1.165) is 6.20 Å². The number of pyridine rings is 1. The van der Waals surface area contributed by atoms with Crippen molar-refractivity contribution < 1.29 is 17.9 Å². The maximum Gasteiger partial charge on any atom is 0.396 e. The van der Waals surface area contributed by atoms with Crippen LogP contribution in [0.2, 0.25) is 0 Å². The van der Waals surface area contributed by atoms with Gasteiger partial charge in [0.1, 0.15) is 11.5 Å². The van der Waals surface area contributed by atoms with Crippen LogP contribution in [0.4, 0.5) is 13.2 Å². The molecule has 1 heterocycles. The van der Waals surface area contributed by atoms with Gasteiger partial charge in [0.2, 0.25) is 0 Å². The lowest BCUT2D eigenvalue weighted by Crippen LogP contribution is -2.08. The molecule has 0 saturated carbocycles. The van der Waals surface area contributed by atoms with Crippen LogP contribution < -0.4 is 4.74 Å². The van der Waals surface area contributed by atoms with Gasteiger partial charge in [0.25, 0.3) is 0 Å². The van der Waals surface area contributed by atoms with E-state index in [1.807, 2.05) is 6.07 Å². The largest absolute Gasteiger partial charge is 0.456 e. The first-order chi connectivity index (χ1) is 8.53. The van der Waals surface area contributed by atoms with Crippen molar-refractivity contribution in [3.8, 4) is 11.5 Å². The van der Waals surface area contributed by atoms with Crippen LogP contribution in [0.15, 0.2) is 48.8 Å². The molecule has 0 aliphatic carbocycles. The first-order valence-electron chi connectivity index (χ1n) is 5.13. The van der Waals surface area contributed by atoms with Crippen molar-refractivity contribution in [3.63, 3.8) is 0 Å². The molecule has 0 aliphatic rings. The van der Waals surface area contributed by atoms with Gasteiger partial charge < -0.3 is 4.74 Å². The van der Waals surface area contributed by atoms with Gasteiger partial charge >= 0.3 is 6.18 Å². The lowest BCUT2D eigenvalue weighted by atomic mass is 10.2. The molecule has 0 saturated heterocycles. The average Bonchev–Trinajstić information content (AvgIpc) is 2.28. The first-order valence-corrected chi connectivity index (χ1v) is 5.13. The molecule has 1 radical (unpaired) electrons. The Labute approximate surface area is 102 Å². The van der Waals surface area contributed by atoms with E-state index in [9.17, 15) is 13.2 Å². The summed E-state index contributed by atoms with van der Waals surface area (Å²) < 4.78 is 41.9. The van der Waals surface area contributed by atoms with E-state index in [1.165, 1.54) is 12.3 Å². The van der Waals surface area contributed by atoms with Crippen LogP contribution in [0.5, 0.6) is 11.5 Å². The van der Waals surface area contributed by atoms with Crippen LogP contribution in [0.1, 0.15) is 5.56 Å². The van der Waals surface area contributed by atoms with Crippen molar-refractivity contribution in [2.24, 2.45) is 0 Å². The number of alkyl halides is 3. The summed E-state index contributed by atoms with van der Waals surface area (Å²) >= 11 is 0. The Bertz CT molecular complexity index is 511. The maximum atomic E-state index is 12.2. The lowest BCUT2D eigenvalue weighted by Gasteiger charge is -2.08. The minimum atomic E-state index is -4.37. The zero-order chi connectivity index (χ0) is 13.0. The minimum absolute atomic E-state index is 0.0454. The summed E-state index contributed by atoms with van der Waals surface area (Å²) in [6, 6.07) is 10.1. The summed E-state index contributed by atoms with van der Waals surface area (Å²) in [6.07, 6.45) is -1.70. The van der Waals surface area contributed by atoms with Gasteiger partial charge in [-0.15, -0.1) is 0 Å². The predicted octanol–water partition coefficient (Wildman–Crippen LogP) is 3.99. The van der Waals surface area contributed by atoms with Crippen LogP contribution in [0, 0.1) is 6.42 Å². The van der Waals surface area contributed by atoms with Crippen LogP contribution in [0.3, 0.4) is 0 Å². The molecule has 2 aromatic rings. The van der Waals surface area contributed by atoms with Crippen LogP contribution in [0.25, 0.3) is 0 Å². The molecule has 0 atom stereocenters. The van der Waals surface area contributed by atoms with Crippen molar-refractivity contribution >= 4 is 0 Å². The van der Waals surface area contributed by atoms with Gasteiger partial charge in [0, 0.05) is 6.20 Å². The highest BCUT2D eigenvalue weighted by Crippen LogP contribution is 2.26. The molecule has 93 valence electrons. The number of para-hydroxylation sites is 1. The highest BCUT2D eigenvalue weighted by Gasteiger charge is 2.28. The Hall–Kier alpha value is -2.04. The van der Waals surface area contributed by atoms with Gasteiger partial charge in [-0.05, 0) is 23.8 Å². The third kappa shape index (κ3) is 3.76. The van der Waals surface area contributed by atoms with Crippen LogP contribution in [-0.2, 0) is 0 Å². The number of nitrogens with zero attached hydrogens (tertiary/aromatic N) is 1. The molecule has 0 aliphatic heterocycles. The van der Waals surface area contributed by atoms with E-state index < -0.39 is 6.18 Å². The fourth-order valence-electron chi connectivity index (χ4n) is 1.38. The quantitative estimate of drug-likeness (QED) is 0.824. The second-order valence-electron chi connectivity index (χ2n) is 3.56. The standard InChI is InChI=1S/C13H9F3NO/c14-13(15,16)7-10-6-12(9-17-8-10)18-11-4-2-1-3-5-11/h1-9H. The maximum absolute atomic E-state index is 12.2. The summed E-state index contributed by atoms with van der Waals surface area (Å²) in [5, 5.41) is 0. The van der Waals surface area contributed by atoms with Crippen molar-refractivity contribution in [2.75, 3.05) is 0 Å². The van der Waals surface area contributed by atoms with E-state index in [0.29, 0.717) is 5.75 Å². The topological polar surface area (TPSA) is 22.1 Å². The number of benzene rings is 1. The van der Waals surface area contributed by atoms with Gasteiger partial charge in [0.15, 0.2) is 0 Å². The van der Waals surface area contributed by atoms with Crippen LogP contribution in [-0.4, -0.2) is 11.2 Å². The fourth-order valence-corrected chi connectivity index (χ4v) is 1.38. The predicted molar refractivity (Wildman–Crippen MR) is 60.2 cm³/mol. The molecule has 2 nitrogen and oxygen atoms in total. The second kappa shape index (κ2) is 5.08. The molecular weight excluding hydrogens is 243 g/mol. The molecule has 0 unspecified atom stereocenters. The SMILES string of the molecule is FC(F)(F)[CH]c1cncc(Oc2ccccc2)c1. The zero-order valence-electron chi connectivity index (χ0n) is 9.19. The molecule has 0 bridgehead atoms. The molecule has 0 spiro atoms. The van der Waals surface area contributed by atoms with Gasteiger partial charge in [-0.1, -0.05) is 18.2 Å². The van der Waals surface area contributed by atoms with Gasteiger partial charge in [0.05, 0.1) is 12.6 Å². The highest BCUT2D eigenvalue weighted by molar-refractivity contribution is 5.34. The summed E-state index contributed by atoms with van der Waals surface area (Å²) in [6.45, 7) is 0. The number of ether oxygens (including phenoxy) is 1. The molecule has 0 fully saturated rings. The third-order valence-corrected chi connectivity index (χ3v) is 2.04. The Morgan fingerprint density at radius 2 is 1.72 bits per heavy atom. The summed E-state index contributed by atoms with van der Waals surface area (Å²) in [5.74, 6) is 0.808. The second-order valence-corrected chi connectivity index (χ2v) is 3.56. The third-order valence-electron chi connectivity index (χ3n) is 2.04. The molecule has 2 rings (SSSR count). The number of hydrogen-bond donors (Lipinski definition) is 0. The van der Waals surface area contributed by atoms with E-state index in [-0.39, 0.29) is 17.7 Å². The molecule has 18 heavy (non-hydrogen) atoms. The van der Waals surface area contributed by atoms with Crippen LogP contribution >= 0.6 is 0 Å². The number of aromatic nitrogens is 1. The van der Waals surface area contributed by atoms with E-state index in [4.69, 9.17) is 4.74 Å². The molecule has 1 aromatic heterocycles. The first kappa shape index (κ1) is 12.4. The molecule has 1 aromatic carbocycles. The van der Waals surface area contributed by atoms with Crippen molar-refractivity contribution in [1.82, 2.24) is 4.98 Å². The van der Waals surface area contributed by atoms with Gasteiger partial charge in [-0.25, -0.2) is 0 Å². The smallest absolute Gasteiger partial charge is 0.396 e. The monoisotopic (exact) mass is 252 g/mol. The summed E-state index contributed by atoms with van der Waals surface area (Å²) in [4.78, 5) is 3.71. The summed E-state index contributed by atoms with van der Waals surface area (Å²) in [7, 11) is 0. The Morgan fingerprint density at radius 3 is 2.39 bits per heavy atom. The number of hydrogen-bond acceptors (Lipinski definition) is 2. The zero-order valence-corrected chi connectivity index (χ0v) is 9.19. The fraction of sp³-hybridized carbons (Fsp3) is 0.0769. The lowest BCUT2D eigenvalue weighted by molar-refractivity contribution is -0.0928. The van der Waals surface area contributed by atoms with Crippen molar-refractivity contribution in [3.05, 3.63) is 60.8 Å². The van der Waals surface area contributed by atoms with E-state index >= 15 is 0 Å². The van der Waals surface area contributed by atoms with E-state index in [1.54, 1.807) is 24.3 Å². The number of halogens is 3. The van der Waals surface area contributed by atoms with Crippen molar-refractivity contribution in [1.29, 1.82) is 0 Å². The minimum Gasteiger partial charge on any atom is -0.456 e. The van der Waals surface area contributed by atoms with E-state index in [2.05, 4.69) is 4.98 Å². The van der Waals surface area contributed by atoms with Gasteiger partial charge in [-0.2, -0.15) is 13.2 Å². The summed E-state index contributed by atoms with van der Waals surface area (Å²) in [5.41, 5.74) is -0.0454. The molecule has 5 heteroatoms. The average molecular weight is 252 g/mol. The normalized spacial score (nSPS) is 11.3. The number of rotatable bonds is 3. The Balaban J connectivity index is 2.13. The van der Waals surface area contributed by atoms with Crippen molar-refractivity contribution in [2.45, 2.75) is 6.18 Å². The highest BCUT2D eigenvalue weighted by atomic mass is 19.4. The Morgan fingerprint density at radius 1 is 1.00 bits per heavy atom. The molecule has 0 N–H and O–H groups in total. The molecular formula is C13H9F3NO.